The lowest BCUT2D eigenvalue weighted by molar-refractivity contribution is 0.207. The number of hydrogen-bond acceptors (Lipinski definition) is 4. The zero-order valence-electron chi connectivity index (χ0n) is 10.6. The third-order valence-corrected chi connectivity index (χ3v) is 5.25. The molecule has 0 aromatic carbocycles. The van der Waals surface area contributed by atoms with Crippen molar-refractivity contribution >= 4 is 9.84 Å². The Balaban J connectivity index is 2.33. The van der Waals surface area contributed by atoms with Crippen LogP contribution in [0.4, 0.5) is 0 Å². The second-order valence-electron chi connectivity index (χ2n) is 4.56. The molecule has 0 amide bonds. The maximum absolute atomic E-state index is 11.4. The summed E-state index contributed by atoms with van der Waals surface area (Å²) >= 11 is 0. The number of likely N-dealkylation sites (N-methyl/N-ethyl adjacent to an activating group) is 2. The van der Waals surface area contributed by atoms with Gasteiger partial charge in [-0.2, -0.15) is 0 Å². The van der Waals surface area contributed by atoms with Crippen molar-refractivity contribution in [3.05, 3.63) is 0 Å². The number of nitrogens with zero attached hydrogens (tertiary/aromatic N) is 2. The van der Waals surface area contributed by atoms with Gasteiger partial charge in [-0.1, -0.05) is 13.8 Å². The monoisotopic (exact) mass is 248 g/mol. The quantitative estimate of drug-likeness (QED) is 0.684. The summed E-state index contributed by atoms with van der Waals surface area (Å²) in [5.41, 5.74) is 0. The minimum Gasteiger partial charge on any atom is -0.303 e. The molecule has 0 saturated carbocycles. The van der Waals surface area contributed by atoms with Crippen LogP contribution in [-0.4, -0.2) is 69.0 Å². The fraction of sp³-hybridized carbons (Fsp3) is 1.00. The maximum Gasteiger partial charge on any atom is 0.151 e. The first-order chi connectivity index (χ1) is 7.48. The zero-order chi connectivity index (χ0) is 12.2. The molecule has 0 aromatic rings. The highest BCUT2D eigenvalue weighted by molar-refractivity contribution is 7.91. The molecule has 1 aliphatic heterocycles. The van der Waals surface area contributed by atoms with Crippen molar-refractivity contribution in [2.75, 3.05) is 44.7 Å². The van der Waals surface area contributed by atoms with Crippen molar-refractivity contribution in [1.82, 2.24) is 9.80 Å². The molecule has 1 fully saturated rings. The van der Waals surface area contributed by atoms with E-state index in [1.807, 2.05) is 7.05 Å². The van der Waals surface area contributed by atoms with Crippen molar-refractivity contribution in [2.24, 2.45) is 0 Å². The second-order valence-corrected chi connectivity index (χ2v) is 6.79. The first-order valence-electron chi connectivity index (χ1n) is 6.11. The van der Waals surface area contributed by atoms with Gasteiger partial charge in [0.05, 0.1) is 11.5 Å². The molecule has 0 aliphatic carbocycles. The van der Waals surface area contributed by atoms with Gasteiger partial charge < -0.3 is 9.80 Å². The van der Waals surface area contributed by atoms with Gasteiger partial charge in [-0.15, -0.1) is 0 Å². The smallest absolute Gasteiger partial charge is 0.151 e. The van der Waals surface area contributed by atoms with E-state index >= 15 is 0 Å². The van der Waals surface area contributed by atoms with E-state index < -0.39 is 9.84 Å². The van der Waals surface area contributed by atoms with Gasteiger partial charge in [-0.05, 0) is 26.6 Å². The lowest BCUT2D eigenvalue weighted by Crippen LogP contribution is -2.39. The molecule has 1 atom stereocenters. The highest BCUT2D eigenvalue weighted by atomic mass is 32.2. The molecule has 5 heteroatoms. The molecular formula is C11H24N2O2S. The van der Waals surface area contributed by atoms with E-state index in [-0.39, 0.29) is 6.04 Å². The average molecular weight is 248 g/mol. The summed E-state index contributed by atoms with van der Waals surface area (Å²) in [5, 5.41) is 0. The van der Waals surface area contributed by atoms with Crippen molar-refractivity contribution in [3.8, 4) is 0 Å². The first kappa shape index (κ1) is 13.9. The van der Waals surface area contributed by atoms with Gasteiger partial charge in [0, 0.05) is 19.1 Å². The van der Waals surface area contributed by atoms with Gasteiger partial charge in [0.25, 0.3) is 0 Å². The second kappa shape index (κ2) is 5.98. The molecule has 0 spiro atoms. The molecule has 0 radical (unpaired) electrons. The van der Waals surface area contributed by atoms with Crippen LogP contribution in [-0.2, 0) is 9.84 Å². The molecule has 0 N–H and O–H groups in total. The average Bonchev–Trinajstić information content (AvgIpc) is 2.60. The van der Waals surface area contributed by atoms with Gasteiger partial charge in [-0.25, -0.2) is 8.42 Å². The number of sulfone groups is 1. The van der Waals surface area contributed by atoms with Crippen LogP contribution in [0.25, 0.3) is 0 Å². The van der Waals surface area contributed by atoms with E-state index in [1.54, 1.807) is 0 Å². The molecule has 1 heterocycles. The molecule has 4 nitrogen and oxygen atoms in total. The highest BCUT2D eigenvalue weighted by Gasteiger charge is 2.30. The van der Waals surface area contributed by atoms with Crippen LogP contribution in [0.3, 0.4) is 0 Å². The van der Waals surface area contributed by atoms with Crippen LogP contribution in [0.2, 0.25) is 0 Å². The molecule has 16 heavy (non-hydrogen) atoms. The summed E-state index contributed by atoms with van der Waals surface area (Å²) in [6.45, 7) is 8.43. The van der Waals surface area contributed by atoms with Gasteiger partial charge in [-0.3, -0.25) is 0 Å². The van der Waals surface area contributed by atoms with Gasteiger partial charge in [0.2, 0.25) is 0 Å². The van der Waals surface area contributed by atoms with E-state index in [0.717, 1.165) is 32.6 Å². The normalized spacial score (nSPS) is 24.4. The van der Waals surface area contributed by atoms with Gasteiger partial charge in [0.15, 0.2) is 9.84 Å². The largest absolute Gasteiger partial charge is 0.303 e. The van der Waals surface area contributed by atoms with E-state index in [2.05, 4.69) is 23.6 Å². The minimum atomic E-state index is -2.75. The number of rotatable bonds is 6. The Bertz CT molecular complexity index is 299. The SMILES string of the molecule is CCN(CC)CCN(C)C1CCS(=O)(=O)C1. The van der Waals surface area contributed by atoms with Crippen molar-refractivity contribution in [3.63, 3.8) is 0 Å². The Morgan fingerprint density at radius 3 is 2.25 bits per heavy atom. The predicted octanol–water partition coefficient (Wildman–Crippen LogP) is 0.447. The Morgan fingerprint density at radius 1 is 1.19 bits per heavy atom. The Kier molecular flexibility index (Phi) is 5.21. The van der Waals surface area contributed by atoms with E-state index in [0.29, 0.717) is 11.5 Å². The maximum atomic E-state index is 11.4. The zero-order valence-corrected chi connectivity index (χ0v) is 11.5. The molecule has 1 saturated heterocycles. The Morgan fingerprint density at radius 2 is 1.81 bits per heavy atom. The summed E-state index contributed by atoms with van der Waals surface area (Å²) in [7, 11) is -0.709. The molecule has 1 aliphatic rings. The number of hydrogen-bond donors (Lipinski definition) is 0. The van der Waals surface area contributed by atoms with Crippen molar-refractivity contribution in [1.29, 1.82) is 0 Å². The van der Waals surface area contributed by atoms with Gasteiger partial charge in [0.1, 0.15) is 0 Å². The highest BCUT2D eigenvalue weighted by Crippen LogP contribution is 2.16. The topological polar surface area (TPSA) is 40.6 Å². The molecule has 1 unspecified atom stereocenters. The van der Waals surface area contributed by atoms with Crippen LogP contribution >= 0.6 is 0 Å². The lowest BCUT2D eigenvalue weighted by Gasteiger charge is -2.26. The fourth-order valence-corrected chi connectivity index (χ4v) is 3.95. The van der Waals surface area contributed by atoms with Crippen LogP contribution in [0.15, 0.2) is 0 Å². The summed E-state index contributed by atoms with van der Waals surface area (Å²) in [6.07, 6.45) is 0.803. The predicted molar refractivity (Wildman–Crippen MR) is 67.5 cm³/mol. The third kappa shape index (κ3) is 4.03. The summed E-state index contributed by atoms with van der Waals surface area (Å²) in [4.78, 5) is 4.56. The van der Waals surface area contributed by atoms with E-state index in [9.17, 15) is 8.42 Å². The molecular weight excluding hydrogens is 224 g/mol. The Hall–Kier alpha value is -0.130. The first-order valence-corrected chi connectivity index (χ1v) is 7.93. The van der Waals surface area contributed by atoms with Crippen molar-refractivity contribution in [2.45, 2.75) is 26.3 Å². The van der Waals surface area contributed by atoms with Crippen LogP contribution < -0.4 is 0 Å². The molecule has 1 rings (SSSR count). The summed E-state index contributed by atoms with van der Waals surface area (Å²) < 4.78 is 22.7. The lowest BCUT2D eigenvalue weighted by atomic mass is 10.2. The summed E-state index contributed by atoms with van der Waals surface area (Å²) in [5.74, 6) is 0.717. The summed E-state index contributed by atoms with van der Waals surface area (Å²) in [6, 6.07) is 0.237. The van der Waals surface area contributed by atoms with Crippen LogP contribution in [0, 0.1) is 0 Å². The molecule has 0 aromatic heterocycles. The fourth-order valence-electron chi connectivity index (χ4n) is 2.14. The van der Waals surface area contributed by atoms with Crippen molar-refractivity contribution < 1.29 is 8.42 Å². The Labute approximate surface area is 99.5 Å². The minimum absolute atomic E-state index is 0.237. The van der Waals surface area contributed by atoms with E-state index in [4.69, 9.17) is 0 Å². The third-order valence-electron chi connectivity index (χ3n) is 3.50. The van der Waals surface area contributed by atoms with Crippen LogP contribution in [0.5, 0.6) is 0 Å². The van der Waals surface area contributed by atoms with Crippen LogP contribution in [0.1, 0.15) is 20.3 Å². The van der Waals surface area contributed by atoms with Gasteiger partial charge >= 0.3 is 0 Å². The molecule has 96 valence electrons. The molecule has 0 bridgehead atoms. The van der Waals surface area contributed by atoms with E-state index in [1.165, 1.54) is 0 Å². The standard InChI is InChI=1S/C11H24N2O2S/c1-4-13(5-2)8-7-12(3)11-6-9-16(14,15)10-11/h11H,4-10H2,1-3H3.